The largest absolute Gasteiger partial charge is 0.490 e. The quantitative estimate of drug-likeness (QED) is 0.202. The van der Waals surface area contributed by atoms with E-state index in [0.29, 0.717) is 46.5 Å². The minimum atomic E-state index is -5.01. The van der Waals surface area contributed by atoms with E-state index >= 15 is 4.39 Å². The average Bonchev–Trinajstić information content (AvgIpc) is 2.95. The summed E-state index contributed by atoms with van der Waals surface area (Å²) in [6, 6.07) is 13.9. The van der Waals surface area contributed by atoms with E-state index in [9.17, 15) is 22.8 Å². The van der Waals surface area contributed by atoms with Gasteiger partial charge in [0.05, 0.1) is 23.0 Å². The van der Waals surface area contributed by atoms with Crippen LogP contribution in [0.4, 0.5) is 34.8 Å². The highest BCUT2D eigenvalue weighted by Crippen LogP contribution is 2.34. The zero-order valence-electron chi connectivity index (χ0n) is 23.3. The van der Waals surface area contributed by atoms with Crippen molar-refractivity contribution in [2.24, 2.45) is 7.05 Å². The Bertz CT molecular complexity index is 1680. The molecule has 2 aromatic heterocycles. The Hall–Kier alpha value is -4.41. The number of ether oxygens (including phenoxy) is 1. The summed E-state index contributed by atoms with van der Waals surface area (Å²) < 4.78 is 58.6. The third-order valence-corrected chi connectivity index (χ3v) is 7.47. The van der Waals surface area contributed by atoms with Gasteiger partial charge in [0.15, 0.2) is 0 Å². The lowest BCUT2D eigenvalue weighted by molar-refractivity contribution is -0.205. The summed E-state index contributed by atoms with van der Waals surface area (Å²) in [5.74, 6) is -1.88. The van der Waals surface area contributed by atoms with E-state index in [4.69, 9.17) is 0 Å². The predicted octanol–water partition coefficient (Wildman–Crippen LogP) is 6.68. The van der Waals surface area contributed by atoms with Gasteiger partial charge in [0, 0.05) is 44.7 Å². The molecule has 1 fully saturated rings. The number of halogens is 4. The topological polar surface area (TPSA) is 76.5 Å². The molecule has 3 heterocycles. The van der Waals surface area contributed by atoms with Gasteiger partial charge in [-0.05, 0) is 64.9 Å². The van der Waals surface area contributed by atoms with E-state index in [1.807, 2.05) is 36.9 Å². The maximum atomic E-state index is 15.0. The normalized spacial score (nSPS) is 14.4. The molecule has 1 aliphatic rings. The number of anilines is 3. The number of benzene rings is 2. The molecule has 1 aliphatic heterocycles. The number of esters is 1. The number of carbonyl (C=O) groups is 1. The van der Waals surface area contributed by atoms with Gasteiger partial charge in [-0.2, -0.15) is 13.2 Å². The molecule has 0 atom stereocenters. The Labute approximate surface area is 239 Å². The first-order valence-corrected chi connectivity index (χ1v) is 13.6. The highest BCUT2D eigenvalue weighted by molar-refractivity contribution is 5.98. The van der Waals surface area contributed by atoms with Gasteiger partial charge in [0.1, 0.15) is 17.7 Å². The van der Waals surface area contributed by atoms with Gasteiger partial charge < -0.3 is 19.5 Å². The van der Waals surface area contributed by atoms with Crippen molar-refractivity contribution in [3.05, 3.63) is 82.7 Å². The molecule has 1 saturated heterocycles. The fraction of sp³-hybridized carbons (Fsp3) is 0.323. The Morgan fingerprint density at radius 2 is 1.81 bits per heavy atom. The molecule has 0 spiro atoms. The molecule has 5 rings (SSSR count). The van der Waals surface area contributed by atoms with Crippen molar-refractivity contribution in [2.75, 3.05) is 23.3 Å². The zero-order chi connectivity index (χ0) is 30.2. The minimum absolute atomic E-state index is 0.207. The standard InChI is InChI=1S/C31H30F4N4O3/c1-18(2)19-4-6-25(32)24(15-19)21-14-20-8-11-38(3)29(40)28(20)26(16-21)37-27-7-5-22(17-36-27)39-12-9-23(10-13-39)42-30(41)31(33,34)35/h4-8,11,14-18,23H,9-10,12-13H2,1-3H3,(H,36,37). The van der Waals surface area contributed by atoms with E-state index in [1.165, 1.54) is 10.6 Å². The minimum Gasteiger partial charge on any atom is -0.456 e. The number of hydrogen-bond acceptors (Lipinski definition) is 6. The van der Waals surface area contributed by atoms with Crippen molar-refractivity contribution < 1.29 is 27.1 Å². The van der Waals surface area contributed by atoms with Crippen LogP contribution in [0.5, 0.6) is 0 Å². The first-order valence-electron chi connectivity index (χ1n) is 13.6. The first-order chi connectivity index (χ1) is 19.9. The van der Waals surface area contributed by atoms with Gasteiger partial charge in [0.2, 0.25) is 0 Å². The Morgan fingerprint density at radius 3 is 2.45 bits per heavy atom. The van der Waals surface area contributed by atoms with Crippen molar-refractivity contribution in [3.8, 4) is 11.1 Å². The number of carbonyl (C=O) groups excluding carboxylic acids is 1. The van der Waals surface area contributed by atoms with Crippen LogP contribution in [0.25, 0.3) is 21.9 Å². The van der Waals surface area contributed by atoms with Crippen LogP contribution in [0.3, 0.4) is 0 Å². The van der Waals surface area contributed by atoms with Crippen LogP contribution < -0.4 is 15.8 Å². The molecular weight excluding hydrogens is 552 g/mol. The smallest absolute Gasteiger partial charge is 0.456 e. The van der Waals surface area contributed by atoms with Crippen LogP contribution in [-0.2, 0) is 16.6 Å². The molecule has 0 radical (unpaired) electrons. The number of piperidine rings is 1. The molecule has 4 aromatic rings. The number of nitrogens with zero attached hydrogens (tertiary/aromatic N) is 3. The van der Waals surface area contributed by atoms with Crippen molar-refractivity contribution in [2.45, 2.75) is 44.9 Å². The Morgan fingerprint density at radius 1 is 1.07 bits per heavy atom. The lowest BCUT2D eigenvalue weighted by atomic mass is 9.95. The molecule has 11 heteroatoms. The number of fused-ring (bicyclic) bond motifs is 1. The Kier molecular flexibility index (Phi) is 7.94. The van der Waals surface area contributed by atoms with Gasteiger partial charge in [-0.1, -0.05) is 19.9 Å². The van der Waals surface area contributed by atoms with E-state index in [1.54, 1.807) is 43.7 Å². The van der Waals surface area contributed by atoms with Gasteiger partial charge >= 0.3 is 12.1 Å². The molecule has 0 amide bonds. The van der Waals surface area contributed by atoms with Crippen LogP contribution in [0, 0.1) is 5.82 Å². The molecule has 0 bridgehead atoms. The van der Waals surface area contributed by atoms with Crippen molar-refractivity contribution in [1.29, 1.82) is 0 Å². The van der Waals surface area contributed by atoms with Gasteiger partial charge in [0.25, 0.3) is 5.56 Å². The van der Waals surface area contributed by atoms with Crippen LogP contribution in [0.15, 0.2) is 65.7 Å². The molecule has 0 aliphatic carbocycles. The van der Waals surface area contributed by atoms with E-state index < -0.39 is 18.2 Å². The molecule has 42 heavy (non-hydrogen) atoms. The van der Waals surface area contributed by atoms with Crippen molar-refractivity contribution in [1.82, 2.24) is 9.55 Å². The van der Waals surface area contributed by atoms with Crippen LogP contribution in [-0.4, -0.2) is 40.9 Å². The third-order valence-electron chi connectivity index (χ3n) is 7.47. The Balaban J connectivity index is 1.40. The summed E-state index contributed by atoms with van der Waals surface area (Å²) in [5, 5.41) is 4.31. The summed E-state index contributed by atoms with van der Waals surface area (Å²) in [7, 11) is 1.66. The number of aromatic nitrogens is 2. The molecule has 7 nitrogen and oxygen atoms in total. The molecule has 0 unspecified atom stereocenters. The number of aryl methyl sites for hydroxylation is 1. The van der Waals surface area contributed by atoms with Crippen LogP contribution in [0.2, 0.25) is 0 Å². The number of rotatable bonds is 6. The number of hydrogen-bond donors (Lipinski definition) is 1. The summed E-state index contributed by atoms with van der Waals surface area (Å²) >= 11 is 0. The monoisotopic (exact) mass is 582 g/mol. The molecule has 1 N–H and O–H groups in total. The second-order valence-electron chi connectivity index (χ2n) is 10.7. The zero-order valence-corrected chi connectivity index (χ0v) is 23.3. The molecule has 2 aromatic carbocycles. The highest BCUT2D eigenvalue weighted by atomic mass is 19.4. The second-order valence-corrected chi connectivity index (χ2v) is 10.7. The fourth-order valence-corrected chi connectivity index (χ4v) is 5.08. The maximum Gasteiger partial charge on any atom is 0.490 e. The number of pyridine rings is 2. The lowest BCUT2D eigenvalue weighted by Crippen LogP contribution is -2.40. The predicted molar refractivity (Wildman–Crippen MR) is 154 cm³/mol. The van der Waals surface area contributed by atoms with Gasteiger partial charge in [-0.3, -0.25) is 4.79 Å². The second kappa shape index (κ2) is 11.5. The summed E-state index contributed by atoms with van der Waals surface area (Å²) in [6.45, 7) is 4.87. The average molecular weight is 583 g/mol. The summed E-state index contributed by atoms with van der Waals surface area (Å²) in [4.78, 5) is 30.7. The summed E-state index contributed by atoms with van der Waals surface area (Å²) in [5.41, 5.74) is 3.05. The first kappa shape index (κ1) is 29.1. The van der Waals surface area contributed by atoms with Gasteiger partial charge in [-0.15, -0.1) is 0 Å². The summed E-state index contributed by atoms with van der Waals surface area (Å²) in [6.07, 6.45) is -1.99. The van der Waals surface area contributed by atoms with Crippen LogP contribution in [0.1, 0.15) is 38.2 Å². The molecule has 220 valence electrons. The fourth-order valence-electron chi connectivity index (χ4n) is 5.08. The highest BCUT2D eigenvalue weighted by Gasteiger charge is 2.42. The van der Waals surface area contributed by atoms with E-state index in [0.717, 1.165) is 11.3 Å². The van der Waals surface area contributed by atoms with E-state index in [2.05, 4.69) is 15.0 Å². The third kappa shape index (κ3) is 6.09. The van der Waals surface area contributed by atoms with E-state index in [-0.39, 0.29) is 30.1 Å². The lowest BCUT2D eigenvalue weighted by Gasteiger charge is -2.33. The van der Waals surface area contributed by atoms with Crippen molar-refractivity contribution >= 4 is 33.9 Å². The van der Waals surface area contributed by atoms with Crippen LogP contribution >= 0.6 is 0 Å². The molecular formula is C31H30F4N4O3. The van der Waals surface area contributed by atoms with Crippen molar-refractivity contribution in [3.63, 3.8) is 0 Å². The SMILES string of the molecule is CC(C)c1ccc(F)c(-c2cc(Nc3ccc(N4CCC(OC(=O)C(F)(F)F)CC4)cn3)c3c(=O)n(C)ccc3c2)c1. The number of nitrogens with one attached hydrogen (secondary N) is 1. The molecule has 0 saturated carbocycles. The number of alkyl halides is 3. The van der Waals surface area contributed by atoms with Gasteiger partial charge in [-0.25, -0.2) is 14.2 Å². The maximum absolute atomic E-state index is 15.0.